The molecule has 0 spiro atoms. The molecule has 2 N–H and O–H groups in total. The summed E-state index contributed by atoms with van der Waals surface area (Å²) in [5.41, 5.74) is 2.41. The number of nitrogens with zero attached hydrogens (tertiary/aromatic N) is 6. The molecule has 0 radical (unpaired) electrons. The molecule has 0 bridgehead atoms. The minimum atomic E-state index is -0.554. The van der Waals surface area contributed by atoms with Crippen LogP contribution < -0.4 is 10.6 Å². The average molecular weight is 622 g/mol. The van der Waals surface area contributed by atoms with E-state index in [9.17, 15) is 14.0 Å². The zero-order valence-electron chi connectivity index (χ0n) is 23.7. The minimum Gasteiger partial charge on any atom is -0.347 e. The van der Waals surface area contributed by atoms with Crippen molar-refractivity contribution in [3.63, 3.8) is 0 Å². The number of hydrogen-bond acceptors (Lipinski definition) is 6. The second-order valence-corrected chi connectivity index (χ2v) is 11.7. The Morgan fingerprint density at radius 3 is 2.47 bits per heavy atom. The van der Waals surface area contributed by atoms with Crippen molar-refractivity contribution >= 4 is 40.7 Å². The second-order valence-electron chi connectivity index (χ2n) is 10.9. The van der Waals surface area contributed by atoms with Crippen LogP contribution in [0.4, 0.5) is 10.1 Å². The van der Waals surface area contributed by atoms with Gasteiger partial charge >= 0.3 is 0 Å². The molecule has 0 aliphatic heterocycles. The van der Waals surface area contributed by atoms with Gasteiger partial charge in [0.05, 0.1) is 34.7 Å². The Bertz CT molecular complexity index is 1830. The van der Waals surface area contributed by atoms with Crippen LogP contribution in [0.25, 0.3) is 17.1 Å². The lowest BCUT2D eigenvalue weighted by molar-refractivity contribution is 0.0920. The van der Waals surface area contributed by atoms with E-state index in [-0.39, 0.29) is 34.5 Å². The summed E-state index contributed by atoms with van der Waals surface area (Å²) in [7, 11) is 0. The van der Waals surface area contributed by atoms with E-state index in [1.807, 2.05) is 20.8 Å². The number of carbonyl (C=O) groups is 2. The van der Waals surface area contributed by atoms with Gasteiger partial charge in [-0.05, 0) is 87.9 Å². The number of aryl methyl sites for hydroxylation is 1. The van der Waals surface area contributed by atoms with Crippen molar-refractivity contribution in [3.8, 4) is 17.1 Å². The predicted molar refractivity (Wildman–Crippen MR) is 162 cm³/mol. The van der Waals surface area contributed by atoms with Crippen molar-refractivity contribution in [1.29, 1.82) is 0 Å². The number of rotatable bonds is 7. The first kappa shape index (κ1) is 29.9. The summed E-state index contributed by atoms with van der Waals surface area (Å²) in [5.74, 6) is -1.05. The van der Waals surface area contributed by atoms with E-state index >= 15 is 0 Å². The average Bonchev–Trinajstić information content (AvgIpc) is 3.57. The lowest BCUT2D eigenvalue weighted by atomic mass is 10.0. The molecular weight excluding hydrogens is 594 g/mol. The van der Waals surface area contributed by atoms with Crippen molar-refractivity contribution in [2.75, 3.05) is 5.32 Å². The lowest BCUT2D eigenvalue weighted by Gasteiger charge is -2.22. The van der Waals surface area contributed by atoms with Gasteiger partial charge in [-0.3, -0.25) is 9.59 Å². The molecule has 2 aromatic carbocycles. The van der Waals surface area contributed by atoms with Gasteiger partial charge in [0.1, 0.15) is 17.2 Å². The highest BCUT2D eigenvalue weighted by molar-refractivity contribution is 6.32. The molecule has 0 saturated carbocycles. The Kier molecular flexibility index (Phi) is 8.30. The number of nitrogens with one attached hydrogen (secondary N) is 2. The number of anilines is 1. The van der Waals surface area contributed by atoms with E-state index in [0.29, 0.717) is 33.2 Å². The van der Waals surface area contributed by atoms with E-state index in [1.165, 1.54) is 29.1 Å². The Morgan fingerprint density at radius 2 is 1.77 bits per heavy atom. The highest BCUT2D eigenvalue weighted by atomic mass is 35.5. The molecule has 0 saturated heterocycles. The van der Waals surface area contributed by atoms with Crippen molar-refractivity contribution in [3.05, 3.63) is 105 Å². The van der Waals surface area contributed by atoms with Crippen LogP contribution in [-0.4, -0.2) is 47.1 Å². The van der Waals surface area contributed by atoms with Crippen LogP contribution in [0.1, 0.15) is 52.9 Å². The summed E-state index contributed by atoms with van der Waals surface area (Å²) in [6.07, 6.45) is 3.23. The van der Waals surface area contributed by atoms with Gasteiger partial charge in [0.15, 0.2) is 5.82 Å². The van der Waals surface area contributed by atoms with Crippen LogP contribution in [0.5, 0.6) is 0 Å². The van der Waals surface area contributed by atoms with E-state index in [0.717, 1.165) is 0 Å². The Balaban J connectivity index is 1.50. The van der Waals surface area contributed by atoms with E-state index < -0.39 is 17.4 Å². The smallest absolute Gasteiger partial charge is 0.274 e. The van der Waals surface area contributed by atoms with Gasteiger partial charge in [0, 0.05) is 22.3 Å². The normalized spacial score (nSPS) is 11.4. The molecule has 220 valence electrons. The quantitative estimate of drug-likeness (QED) is 0.226. The monoisotopic (exact) mass is 620 g/mol. The summed E-state index contributed by atoms with van der Waals surface area (Å²) < 4.78 is 16.2. The largest absolute Gasteiger partial charge is 0.347 e. The van der Waals surface area contributed by atoms with Gasteiger partial charge in [-0.1, -0.05) is 28.4 Å². The molecule has 13 heteroatoms. The maximum atomic E-state index is 13.8. The molecule has 43 heavy (non-hydrogen) atoms. The molecule has 5 aromatic rings. The fraction of sp³-hybridized carbons (Fsp3) is 0.200. The second kappa shape index (κ2) is 11.9. The Morgan fingerprint density at radius 1 is 1.02 bits per heavy atom. The van der Waals surface area contributed by atoms with Crippen LogP contribution >= 0.6 is 23.2 Å². The van der Waals surface area contributed by atoms with E-state index in [4.69, 9.17) is 23.2 Å². The Hall–Kier alpha value is -4.61. The molecule has 2 amide bonds. The molecule has 3 aromatic heterocycles. The van der Waals surface area contributed by atoms with E-state index in [1.54, 1.807) is 54.2 Å². The number of aromatic nitrogens is 6. The van der Waals surface area contributed by atoms with Gasteiger partial charge in [-0.15, -0.1) is 5.10 Å². The van der Waals surface area contributed by atoms with Gasteiger partial charge in [-0.25, -0.2) is 18.7 Å². The minimum absolute atomic E-state index is 0.117. The molecule has 0 atom stereocenters. The van der Waals surface area contributed by atoms with Crippen molar-refractivity contribution in [2.24, 2.45) is 0 Å². The van der Waals surface area contributed by atoms with E-state index in [2.05, 4.69) is 31.0 Å². The number of hydrogen-bond donors (Lipinski definition) is 2. The molecule has 0 aliphatic rings. The number of halogens is 3. The van der Waals surface area contributed by atoms with Crippen LogP contribution in [0.3, 0.4) is 0 Å². The predicted octanol–water partition coefficient (Wildman–Crippen LogP) is 6.11. The number of pyridine rings is 1. The van der Waals surface area contributed by atoms with Gasteiger partial charge < -0.3 is 10.6 Å². The summed E-state index contributed by atoms with van der Waals surface area (Å²) >= 11 is 12.7. The van der Waals surface area contributed by atoms with Crippen LogP contribution in [-0.2, 0) is 6.54 Å². The first-order valence-corrected chi connectivity index (χ1v) is 13.9. The highest BCUT2D eigenvalue weighted by Crippen LogP contribution is 2.28. The maximum absolute atomic E-state index is 13.8. The van der Waals surface area contributed by atoms with Crippen molar-refractivity contribution in [2.45, 2.75) is 39.8 Å². The summed E-state index contributed by atoms with van der Waals surface area (Å²) in [4.78, 5) is 31.3. The van der Waals surface area contributed by atoms with Crippen LogP contribution in [0.15, 0.2) is 67.0 Å². The molecule has 5 rings (SSSR count). The molecule has 0 fully saturated rings. The molecular formula is C30H27Cl2FN8O2. The SMILES string of the molecule is Cc1cc(Cl)cc(C(=O)NC(C)(C)C)c1NC(=O)c1cc(Cn2cc(-c3ccc(F)cc3)nn2)nn1-c1ncccc1Cl. The topological polar surface area (TPSA) is 120 Å². The van der Waals surface area contributed by atoms with Crippen molar-refractivity contribution < 1.29 is 14.0 Å². The third-order valence-corrected chi connectivity index (χ3v) is 6.72. The molecule has 0 unspecified atom stereocenters. The molecule has 10 nitrogen and oxygen atoms in total. The third kappa shape index (κ3) is 6.90. The standard InChI is InChI=1S/C30H27Cl2FN8O2/c1-17-12-19(31)13-22(28(42)36-30(2,3)4)26(17)35-29(43)25-14-21(38-41(25)27-23(32)6-5-11-34-27)15-40-16-24(37-39-40)18-7-9-20(33)10-8-18/h5-14,16H,15H2,1-4H3,(H,35,43)(H,36,42). The fourth-order valence-electron chi connectivity index (χ4n) is 4.33. The van der Waals surface area contributed by atoms with Gasteiger partial charge in [0.25, 0.3) is 11.8 Å². The maximum Gasteiger partial charge on any atom is 0.274 e. The third-order valence-electron chi connectivity index (χ3n) is 6.21. The van der Waals surface area contributed by atoms with Gasteiger partial charge in [-0.2, -0.15) is 5.10 Å². The number of amides is 2. The number of benzene rings is 2. The molecule has 0 aliphatic carbocycles. The zero-order valence-corrected chi connectivity index (χ0v) is 25.2. The lowest BCUT2D eigenvalue weighted by Crippen LogP contribution is -2.41. The number of carbonyl (C=O) groups excluding carboxylic acids is 2. The summed E-state index contributed by atoms with van der Waals surface area (Å²) in [6, 6.07) is 14.0. The van der Waals surface area contributed by atoms with Crippen LogP contribution in [0.2, 0.25) is 10.0 Å². The summed E-state index contributed by atoms with van der Waals surface area (Å²) in [6.45, 7) is 7.47. The van der Waals surface area contributed by atoms with Crippen molar-refractivity contribution in [1.82, 2.24) is 35.1 Å². The summed E-state index contributed by atoms with van der Waals surface area (Å²) in [5, 5.41) is 19.3. The Labute approximate surface area is 256 Å². The first-order valence-electron chi connectivity index (χ1n) is 13.2. The fourth-order valence-corrected chi connectivity index (χ4v) is 4.81. The zero-order chi connectivity index (χ0) is 30.9. The van der Waals surface area contributed by atoms with Gasteiger partial charge in [0.2, 0.25) is 0 Å². The highest BCUT2D eigenvalue weighted by Gasteiger charge is 2.24. The first-order chi connectivity index (χ1) is 20.4. The molecule has 3 heterocycles. The van der Waals surface area contributed by atoms with Crippen LogP contribution in [0, 0.1) is 12.7 Å².